The summed E-state index contributed by atoms with van der Waals surface area (Å²) in [5.74, 6) is 2.03. The number of rotatable bonds is 3. The molecular weight excluding hydrogens is 284 g/mol. The normalized spacial score (nSPS) is 29.1. The summed E-state index contributed by atoms with van der Waals surface area (Å²) in [6, 6.07) is 6.53. The molecule has 0 N–H and O–H groups in total. The summed E-state index contributed by atoms with van der Waals surface area (Å²) in [6.07, 6.45) is 8.48. The molecule has 0 saturated heterocycles. The van der Waals surface area contributed by atoms with E-state index in [2.05, 4.69) is 25.1 Å². The number of carbonyl (C=O) groups is 1. The topological polar surface area (TPSA) is 26.3 Å². The van der Waals surface area contributed by atoms with Gasteiger partial charge in [0, 0.05) is 11.8 Å². The molecule has 1 saturated carbocycles. The molecule has 0 aliphatic heterocycles. The van der Waals surface area contributed by atoms with Crippen LogP contribution in [-0.2, 0) is 11.2 Å². The van der Waals surface area contributed by atoms with E-state index in [1.807, 2.05) is 0 Å². The van der Waals surface area contributed by atoms with Crippen LogP contribution >= 0.6 is 0 Å². The molecule has 0 aromatic heterocycles. The highest BCUT2D eigenvalue weighted by Gasteiger charge is 2.52. The third-order valence-electron chi connectivity index (χ3n) is 6.51. The molecule has 2 nitrogen and oxygen atoms in total. The van der Waals surface area contributed by atoms with Gasteiger partial charge in [-0.2, -0.15) is 0 Å². The van der Waals surface area contributed by atoms with Gasteiger partial charge >= 0.3 is 0 Å². The first-order valence-corrected chi connectivity index (χ1v) is 9.12. The maximum Gasteiger partial charge on any atom is 0.139 e. The van der Waals surface area contributed by atoms with Crippen LogP contribution in [-0.4, -0.2) is 12.9 Å². The Morgan fingerprint density at radius 2 is 2.09 bits per heavy atom. The number of ether oxygens (including phenoxy) is 1. The van der Waals surface area contributed by atoms with Gasteiger partial charge in [-0.05, 0) is 73.3 Å². The van der Waals surface area contributed by atoms with Crippen molar-refractivity contribution in [3.8, 4) is 5.75 Å². The van der Waals surface area contributed by atoms with Gasteiger partial charge in [-0.15, -0.1) is 0 Å². The van der Waals surface area contributed by atoms with Gasteiger partial charge in [0.1, 0.15) is 11.5 Å². The lowest BCUT2D eigenvalue weighted by molar-refractivity contribution is -0.127. The van der Waals surface area contributed by atoms with Crippen LogP contribution in [0.4, 0.5) is 0 Å². The summed E-state index contributed by atoms with van der Waals surface area (Å²) in [6.45, 7) is 2.23. The third kappa shape index (κ3) is 2.10. The van der Waals surface area contributed by atoms with Crippen LogP contribution in [0.1, 0.15) is 63.0 Å². The van der Waals surface area contributed by atoms with Crippen molar-refractivity contribution in [3.05, 3.63) is 34.9 Å². The fraction of sp³-hybridized carbons (Fsp3) is 0.571. The number of methoxy groups -OCH3 is 1. The van der Waals surface area contributed by atoms with Crippen molar-refractivity contribution in [3.63, 3.8) is 0 Å². The highest BCUT2D eigenvalue weighted by molar-refractivity contribution is 5.90. The quantitative estimate of drug-likeness (QED) is 0.789. The molecule has 23 heavy (non-hydrogen) atoms. The number of hydrogen-bond acceptors (Lipinski definition) is 2. The molecule has 0 unspecified atom stereocenters. The zero-order chi connectivity index (χ0) is 16.0. The van der Waals surface area contributed by atoms with Gasteiger partial charge in [-0.1, -0.05) is 25.0 Å². The Morgan fingerprint density at radius 3 is 2.87 bits per heavy atom. The summed E-state index contributed by atoms with van der Waals surface area (Å²) in [5.41, 5.74) is 6.01. The third-order valence-corrected chi connectivity index (χ3v) is 6.51. The van der Waals surface area contributed by atoms with Crippen LogP contribution in [0.3, 0.4) is 0 Å². The molecule has 0 spiro atoms. The lowest BCUT2D eigenvalue weighted by Gasteiger charge is -2.43. The molecule has 0 radical (unpaired) electrons. The van der Waals surface area contributed by atoms with Crippen molar-refractivity contribution >= 4 is 11.4 Å². The molecule has 3 aliphatic carbocycles. The molecule has 2 heteroatoms. The summed E-state index contributed by atoms with van der Waals surface area (Å²) in [4.78, 5) is 12.7. The molecule has 1 aromatic carbocycles. The second kappa shape index (κ2) is 5.51. The second-order valence-corrected chi connectivity index (χ2v) is 7.45. The maximum atomic E-state index is 12.7. The predicted octanol–water partition coefficient (Wildman–Crippen LogP) is 4.95. The zero-order valence-electron chi connectivity index (χ0n) is 14.3. The highest BCUT2D eigenvalue weighted by atomic mass is 16.5. The Bertz CT molecular complexity index is 685. The van der Waals surface area contributed by atoms with Gasteiger partial charge < -0.3 is 4.74 Å². The van der Waals surface area contributed by atoms with E-state index in [0.29, 0.717) is 11.7 Å². The molecule has 122 valence electrons. The first-order valence-electron chi connectivity index (χ1n) is 9.12. The number of aryl methyl sites for hydroxylation is 1. The monoisotopic (exact) mass is 310 g/mol. The van der Waals surface area contributed by atoms with E-state index in [-0.39, 0.29) is 5.41 Å². The number of benzene rings is 1. The van der Waals surface area contributed by atoms with Gasteiger partial charge in [0.2, 0.25) is 0 Å². The second-order valence-electron chi connectivity index (χ2n) is 7.45. The van der Waals surface area contributed by atoms with Crippen molar-refractivity contribution in [1.29, 1.82) is 0 Å². The molecule has 1 aromatic rings. The fourth-order valence-corrected chi connectivity index (χ4v) is 5.52. The Hall–Kier alpha value is -1.57. The Balaban J connectivity index is 1.78. The number of carbonyl (C=O) groups excluding carboxylic acids is 1. The zero-order valence-corrected chi connectivity index (χ0v) is 14.3. The Kier molecular flexibility index (Phi) is 3.59. The van der Waals surface area contributed by atoms with Crippen molar-refractivity contribution in [2.75, 3.05) is 7.11 Å². The van der Waals surface area contributed by atoms with Crippen LogP contribution in [0, 0.1) is 11.3 Å². The molecule has 2 atom stereocenters. The summed E-state index contributed by atoms with van der Waals surface area (Å²) >= 11 is 0. The maximum absolute atomic E-state index is 12.7. The summed E-state index contributed by atoms with van der Waals surface area (Å²) in [7, 11) is 1.74. The van der Waals surface area contributed by atoms with Crippen LogP contribution in [0.2, 0.25) is 0 Å². The van der Waals surface area contributed by atoms with E-state index in [4.69, 9.17) is 4.74 Å². The molecule has 0 amide bonds. The van der Waals surface area contributed by atoms with Crippen molar-refractivity contribution < 1.29 is 9.53 Å². The van der Waals surface area contributed by atoms with Crippen LogP contribution in [0.5, 0.6) is 5.75 Å². The lowest BCUT2D eigenvalue weighted by Crippen LogP contribution is -2.37. The summed E-state index contributed by atoms with van der Waals surface area (Å²) < 4.78 is 5.39. The molecule has 0 heterocycles. The van der Waals surface area contributed by atoms with E-state index >= 15 is 0 Å². The van der Waals surface area contributed by atoms with Gasteiger partial charge in [0.15, 0.2) is 0 Å². The average molecular weight is 310 g/mol. The van der Waals surface area contributed by atoms with E-state index < -0.39 is 0 Å². The number of ketones is 1. The van der Waals surface area contributed by atoms with Gasteiger partial charge in [-0.25, -0.2) is 0 Å². The highest BCUT2D eigenvalue weighted by Crippen LogP contribution is 2.58. The van der Waals surface area contributed by atoms with Crippen LogP contribution in [0.25, 0.3) is 5.57 Å². The SMILES string of the molecule is CCC[C@]12CCC3=C(CCc4cc(OC)ccc43)[C@@H]1CCC2=O. The molecule has 0 bridgehead atoms. The van der Waals surface area contributed by atoms with E-state index in [1.165, 1.54) is 11.1 Å². The fourth-order valence-electron chi connectivity index (χ4n) is 5.52. The number of hydrogen-bond donors (Lipinski definition) is 0. The minimum atomic E-state index is -0.0163. The van der Waals surface area contributed by atoms with Crippen LogP contribution in [0.15, 0.2) is 23.8 Å². The predicted molar refractivity (Wildman–Crippen MR) is 92.5 cm³/mol. The first-order chi connectivity index (χ1) is 11.2. The van der Waals surface area contributed by atoms with Gasteiger partial charge in [-0.3, -0.25) is 4.79 Å². The summed E-state index contributed by atoms with van der Waals surface area (Å²) in [5, 5.41) is 0. The van der Waals surface area contributed by atoms with Gasteiger partial charge in [0.05, 0.1) is 7.11 Å². The molecule has 3 aliphatic rings. The van der Waals surface area contributed by atoms with E-state index in [9.17, 15) is 4.79 Å². The van der Waals surface area contributed by atoms with Crippen LogP contribution < -0.4 is 4.74 Å². The minimum absolute atomic E-state index is 0.0163. The standard InChI is InChI=1S/C21H26O2/c1-3-11-21-12-10-17-16-7-5-15(23-2)13-14(16)4-6-18(17)19(21)8-9-20(21)22/h5,7,13,19H,3-4,6,8-12H2,1-2H3/t19-,21-/m0/s1. The minimum Gasteiger partial charge on any atom is -0.497 e. The average Bonchev–Trinajstić information content (AvgIpc) is 2.91. The number of Topliss-reactive ketones (excluding diaryl/α,β-unsaturated/α-hetero) is 1. The first kappa shape index (κ1) is 15.0. The smallest absolute Gasteiger partial charge is 0.139 e. The number of fused-ring (bicyclic) bond motifs is 4. The van der Waals surface area contributed by atoms with Crippen molar-refractivity contribution in [1.82, 2.24) is 0 Å². The van der Waals surface area contributed by atoms with Crippen molar-refractivity contribution in [2.45, 2.75) is 58.3 Å². The number of allylic oxidation sites excluding steroid dienone is 2. The molecule has 1 fully saturated rings. The lowest BCUT2D eigenvalue weighted by atomic mass is 9.60. The Labute approximate surface area is 138 Å². The van der Waals surface area contributed by atoms with Crippen molar-refractivity contribution in [2.24, 2.45) is 11.3 Å². The van der Waals surface area contributed by atoms with E-state index in [1.54, 1.807) is 18.3 Å². The Morgan fingerprint density at radius 1 is 1.22 bits per heavy atom. The molecular formula is C21H26O2. The van der Waals surface area contributed by atoms with E-state index in [0.717, 1.165) is 57.1 Å². The largest absolute Gasteiger partial charge is 0.497 e. The van der Waals surface area contributed by atoms with Gasteiger partial charge in [0.25, 0.3) is 0 Å². The molecule has 4 rings (SSSR count).